The molecule has 0 spiro atoms. The maximum absolute atomic E-state index is 5.44. The molecule has 1 aromatic carbocycles. The third-order valence-electron chi connectivity index (χ3n) is 3.22. The lowest BCUT2D eigenvalue weighted by Gasteiger charge is -2.19. The molecule has 0 aliphatic rings. The number of para-hydroxylation sites is 1. The van der Waals surface area contributed by atoms with Gasteiger partial charge < -0.3 is 10.1 Å². The highest BCUT2D eigenvalue weighted by Crippen LogP contribution is 2.27. The summed E-state index contributed by atoms with van der Waals surface area (Å²) < 4.78 is 6.30. The molecule has 106 valence electrons. The van der Waals surface area contributed by atoms with Crippen LogP contribution < -0.4 is 10.1 Å². The summed E-state index contributed by atoms with van der Waals surface area (Å²) in [6.45, 7) is 2.90. The summed E-state index contributed by atoms with van der Waals surface area (Å²) in [5, 5.41) is 3.54. The highest BCUT2D eigenvalue weighted by Gasteiger charge is 2.13. The van der Waals surface area contributed by atoms with Crippen molar-refractivity contribution >= 4 is 15.9 Å². The van der Waals surface area contributed by atoms with Crippen molar-refractivity contribution in [1.82, 2.24) is 10.3 Å². The average Bonchev–Trinajstić information content (AvgIpc) is 2.48. The molecule has 0 saturated heterocycles. The summed E-state index contributed by atoms with van der Waals surface area (Å²) in [6.07, 6.45) is 0.994. The topological polar surface area (TPSA) is 34.2 Å². The molecule has 1 atom stereocenters. The Balaban J connectivity index is 2.09. The van der Waals surface area contributed by atoms with Crippen molar-refractivity contribution in [3.8, 4) is 5.75 Å². The molecule has 3 nitrogen and oxygen atoms in total. The summed E-state index contributed by atoms with van der Waals surface area (Å²) in [6, 6.07) is 14.3. The van der Waals surface area contributed by atoms with Gasteiger partial charge in [0.15, 0.2) is 0 Å². The van der Waals surface area contributed by atoms with Gasteiger partial charge in [0, 0.05) is 18.2 Å². The van der Waals surface area contributed by atoms with Crippen LogP contribution in [0.25, 0.3) is 0 Å². The van der Waals surface area contributed by atoms with Gasteiger partial charge in [-0.1, -0.05) is 31.2 Å². The molecular formula is C16H19BrN2O. The van der Waals surface area contributed by atoms with Gasteiger partial charge in [-0.25, -0.2) is 4.98 Å². The van der Waals surface area contributed by atoms with Crippen LogP contribution in [0.3, 0.4) is 0 Å². The number of nitrogens with zero attached hydrogens (tertiary/aromatic N) is 1. The summed E-state index contributed by atoms with van der Waals surface area (Å²) in [7, 11) is 1.71. The Hall–Kier alpha value is -1.39. The second-order valence-corrected chi connectivity index (χ2v) is 5.35. The van der Waals surface area contributed by atoms with Crippen LogP contribution in [0.5, 0.6) is 5.75 Å². The number of ether oxygens (including phenoxy) is 1. The molecule has 0 aliphatic carbocycles. The van der Waals surface area contributed by atoms with Gasteiger partial charge in [0.05, 0.1) is 12.8 Å². The molecule has 1 heterocycles. The van der Waals surface area contributed by atoms with Gasteiger partial charge in [0.1, 0.15) is 10.4 Å². The first-order valence-electron chi connectivity index (χ1n) is 6.72. The third kappa shape index (κ3) is 3.81. The van der Waals surface area contributed by atoms with Crippen molar-refractivity contribution < 1.29 is 4.74 Å². The quantitative estimate of drug-likeness (QED) is 0.808. The minimum absolute atomic E-state index is 0.256. The molecule has 1 N–H and O–H groups in total. The van der Waals surface area contributed by atoms with E-state index in [1.54, 1.807) is 7.11 Å². The number of nitrogens with one attached hydrogen (secondary N) is 1. The number of hydrogen-bond acceptors (Lipinski definition) is 3. The summed E-state index contributed by atoms with van der Waals surface area (Å²) in [5.41, 5.74) is 2.21. The molecule has 1 unspecified atom stereocenters. The molecule has 0 amide bonds. The Morgan fingerprint density at radius 3 is 2.70 bits per heavy atom. The summed E-state index contributed by atoms with van der Waals surface area (Å²) in [5.74, 6) is 0.925. The molecule has 0 bridgehead atoms. The molecule has 4 heteroatoms. The predicted octanol–water partition coefficient (Wildman–Crippen LogP) is 4.09. The SMILES string of the molecule is CCC(NCc1cccc(Br)n1)c1ccccc1OC. The van der Waals surface area contributed by atoms with Crippen LogP contribution in [0.15, 0.2) is 47.1 Å². The van der Waals surface area contributed by atoms with E-state index < -0.39 is 0 Å². The summed E-state index contributed by atoms with van der Waals surface area (Å²) >= 11 is 3.40. The minimum atomic E-state index is 0.256. The number of rotatable bonds is 6. The molecule has 2 aromatic rings. The van der Waals surface area contributed by atoms with Gasteiger partial charge >= 0.3 is 0 Å². The summed E-state index contributed by atoms with van der Waals surface area (Å²) in [4.78, 5) is 4.44. The van der Waals surface area contributed by atoms with Crippen LogP contribution >= 0.6 is 15.9 Å². The van der Waals surface area contributed by atoms with Crippen molar-refractivity contribution in [3.05, 3.63) is 58.3 Å². The second kappa shape index (κ2) is 7.41. The zero-order chi connectivity index (χ0) is 14.4. The minimum Gasteiger partial charge on any atom is -0.496 e. The van der Waals surface area contributed by atoms with E-state index in [1.165, 1.54) is 5.56 Å². The Morgan fingerprint density at radius 1 is 1.20 bits per heavy atom. The van der Waals surface area contributed by atoms with Crippen LogP contribution in [0.2, 0.25) is 0 Å². The molecule has 1 aromatic heterocycles. The van der Waals surface area contributed by atoms with Gasteiger partial charge in [-0.2, -0.15) is 0 Å². The van der Waals surface area contributed by atoms with Crippen LogP contribution in [0.1, 0.15) is 30.6 Å². The first-order valence-corrected chi connectivity index (χ1v) is 7.51. The fraction of sp³-hybridized carbons (Fsp3) is 0.312. The average molecular weight is 335 g/mol. The lowest BCUT2D eigenvalue weighted by Crippen LogP contribution is -2.21. The zero-order valence-corrected chi connectivity index (χ0v) is 13.4. The highest BCUT2D eigenvalue weighted by atomic mass is 79.9. The van der Waals surface area contributed by atoms with Gasteiger partial charge in [-0.05, 0) is 40.5 Å². The highest BCUT2D eigenvalue weighted by molar-refractivity contribution is 9.10. The van der Waals surface area contributed by atoms with E-state index in [2.05, 4.69) is 39.2 Å². The van der Waals surface area contributed by atoms with E-state index >= 15 is 0 Å². The second-order valence-electron chi connectivity index (χ2n) is 4.54. The van der Waals surface area contributed by atoms with E-state index in [1.807, 2.05) is 36.4 Å². The van der Waals surface area contributed by atoms with Crippen molar-refractivity contribution in [1.29, 1.82) is 0 Å². The normalized spacial score (nSPS) is 12.2. The van der Waals surface area contributed by atoms with Crippen LogP contribution in [0.4, 0.5) is 0 Å². The van der Waals surface area contributed by atoms with Crippen molar-refractivity contribution in [3.63, 3.8) is 0 Å². The lowest BCUT2D eigenvalue weighted by molar-refractivity contribution is 0.396. The molecule has 2 rings (SSSR count). The maximum atomic E-state index is 5.44. The Bertz CT molecular complexity index is 560. The lowest BCUT2D eigenvalue weighted by atomic mass is 10.0. The molecule has 0 radical (unpaired) electrons. The largest absolute Gasteiger partial charge is 0.496 e. The predicted molar refractivity (Wildman–Crippen MR) is 84.8 cm³/mol. The first-order chi connectivity index (χ1) is 9.74. The third-order valence-corrected chi connectivity index (χ3v) is 3.67. The number of hydrogen-bond donors (Lipinski definition) is 1. The van der Waals surface area contributed by atoms with Crippen molar-refractivity contribution in [2.75, 3.05) is 7.11 Å². The number of methoxy groups -OCH3 is 1. The van der Waals surface area contributed by atoms with Gasteiger partial charge in [-0.15, -0.1) is 0 Å². The standard InChI is InChI=1S/C16H19BrN2O/c1-3-14(13-8-4-5-9-15(13)20-2)18-11-12-7-6-10-16(17)19-12/h4-10,14,18H,3,11H2,1-2H3. The Morgan fingerprint density at radius 2 is 2.00 bits per heavy atom. The molecular weight excluding hydrogens is 316 g/mol. The van der Waals surface area contributed by atoms with Gasteiger partial charge in [-0.3, -0.25) is 0 Å². The van der Waals surface area contributed by atoms with Crippen LogP contribution in [0, 0.1) is 0 Å². The number of pyridine rings is 1. The zero-order valence-electron chi connectivity index (χ0n) is 11.8. The molecule has 0 fully saturated rings. The number of benzene rings is 1. The molecule has 0 saturated carbocycles. The fourth-order valence-electron chi connectivity index (χ4n) is 2.21. The fourth-order valence-corrected chi connectivity index (χ4v) is 2.59. The van der Waals surface area contributed by atoms with Gasteiger partial charge in [0.25, 0.3) is 0 Å². The number of halogens is 1. The monoisotopic (exact) mass is 334 g/mol. The maximum Gasteiger partial charge on any atom is 0.123 e. The van der Waals surface area contributed by atoms with Crippen LogP contribution in [-0.4, -0.2) is 12.1 Å². The van der Waals surface area contributed by atoms with Crippen LogP contribution in [-0.2, 0) is 6.54 Å². The smallest absolute Gasteiger partial charge is 0.123 e. The first kappa shape index (κ1) is 15.0. The Labute approximate surface area is 128 Å². The van der Waals surface area contributed by atoms with E-state index in [-0.39, 0.29) is 6.04 Å². The van der Waals surface area contributed by atoms with E-state index in [9.17, 15) is 0 Å². The Kier molecular flexibility index (Phi) is 5.56. The molecule has 20 heavy (non-hydrogen) atoms. The molecule has 0 aliphatic heterocycles. The van der Waals surface area contributed by atoms with Gasteiger partial charge in [0.2, 0.25) is 0 Å². The van der Waals surface area contributed by atoms with E-state index in [0.29, 0.717) is 0 Å². The number of aromatic nitrogens is 1. The van der Waals surface area contributed by atoms with E-state index in [4.69, 9.17) is 4.74 Å². The van der Waals surface area contributed by atoms with Crippen molar-refractivity contribution in [2.45, 2.75) is 25.9 Å². The van der Waals surface area contributed by atoms with Crippen molar-refractivity contribution in [2.24, 2.45) is 0 Å². The van der Waals surface area contributed by atoms with E-state index in [0.717, 1.165) is 29.0 Å².